The number of carbonyl (C=O) groups is 2. The number of hydrogen-bond acceptors (Lipinski definition) is 14. The third-order valence-corrected chi connectivity index (χ3v) is 15.8. The van der Waals surface area contributed by atoms with E-state index >= 15 is 0 Å². The van der Waals surface area contributed by atoms with E-state index in [1.165, 1.54) is 0 Å². The van der Waals surface area contributed by atoms with Crippen molar-refractivity contribution in [2.45, 2.75) is 197 Å². The van der Waals surface area contributed by atoms with E-state index in [1.807, 2.05) is 13.8 Å². The van der Waals surface area contributed by atoms with Gasteiger partial charge in [0.25, 0.3) is 0 Å². The van der Waals surface area contributed by atoms with Crippen LogP contribution in [0.1, 0.15) is 105 Å². The Labute approximate surface area is 327 Å². The van der Waals surface area contributed by atoms with Crippen LogP contribution in [0.2, 0.25) is 0 Å². The lowest BCUT2D eigenvalue weighted by Crippen LogP contribution is -2.62. The maximum Gasteiger partial charge on any atom is 0.335 e. The van der Waals surface area contributed by atoms with Crippen molar-refractivity contribution in [2.24, 2.45) is 34.5 Å². The first-order valence-corrected chi connectivity index (χ1v) is 20.9. The zero-order chi connectivity index (χ0) is 40.1. The summed E-state index contributed by atoms with van der Waals surface area (Å²) >= 11 is 0. The smallest absolute Gasteiger partial charge is 0.335 e. The minimum absolute atomic E-state index is 0.00946. The van der Waals surface area contributed by atoms with E-state index in [9.17, 15) is 40.2 Å². The van der Waals surface area contributed by atoms with Crippen LogP contribution in [0, 0.1) is 34.5 Å². The van der Waals surface area contributed by atoms with E-state index in [4.69, 9.17) is 33.2 Å². The van der Waals surface area contributed by atoms with Crippen molar-refractivity contribution >= 4 is 11.9 Å². The molecule has 0 unspecified atom stereocenters. The second-order valence-corrected chi connectivity index (χ2v) is 18.9. The maximum atomic E-state index is 12.7. The van der Waals surface area contributed by atoms with Crippen molar-refractivity contribution < 1.29 is 73.4 Å². The molecule has 4 saturated carbocycles. The van der Waals surface area contributed by atoms with Crippen molar-refractivity contribution in [1.82, 2.24) is 0 Å². The maximum absolute atomic E-state index is 12.7. The van der Waals surface area contributed by atoms with Gasteiger partial charge in [-0.25, -0.2) is 9.59 Å². The second-order valence-electron chi connectivity index (χ2n) is 18.9. The van der Waals surface area contributed by atoms with E-state index in [1.54, 1.807) is 13.8 Å². The number of ether oxygens (including phenoxy) is 7. The Morgan fingerprint density at radius 1 is 0.750 bits per heavy atom. The lowest BCUT2D eigenvalue weighted by atomic mass is 9.43. The largest absolute Gasteiger partial charge is 0.478 e. The summed E-state index contributed by atoms with van der Waals surface area (Å²) in [5, 5.41) is 64.5. The summed E-state index contributed by atoms with van der Waals surface area (Å²) in [7, 11) is 0. The Morgan fingerprint density at radius 2 is 1.34 bits per heavy atom. The third-order valence-electron chi connectivity index (χ3n) is 15.8. The monoisotopic (exact) mass is 794 g/mol. The van der Waals surface area contributed by atoms with Gasteiger partial charge in [-0.1, -0.05) is 13.8 Å². The van der Waals surface area contributed by atoms with Crippen LogP contribution in [0.25, 0.3) is 0 Å². The van der Waals surface area contributed by atoms with Crippen molar-refractivity contribution in [1.29, 1.82) is 0 Å². The Kier molecular flexibility index (Phi) is 11.0. The molecule has 4 aliphatic carbocycles. The van der Waals surface area contributed by atoms with Gasteiger partial charge in [0.05, 0.1) is 53.9 Å². The van der Waals surface area contributed by atoms with E-state index in [-0.39, 0.29) is 48.2 Å². The van der Waals surface area contributed by atoms with Gasteiger partial charge in [-0.2, -0.15) is 0 Å². The van der Waals surface area contributed by atoms with Gasteiger partial charge >= 0.3 is 11.9 Å². The molecule has 4 saturated heterocycles. The number of aliphatic hydroxyl groups is 5. The molecule has 56 heavy (non-hydrogen) atoms. The van der Waals surface area contributed by atoms with Crippen LogP contribution >= 0.6 is 0 Å². The highest BCUT2D eigenvalue weighted by molar-refractivity contribution is 5.98. The number of carbonyl (C=O) groups excluding carboxylic acids is 1. The lowest BCUT2D eigenvalue weighted by molar-refractivity contribution is -0.336. The first-order valence-electron chi connectivity index (χ1n) is 20.9. The number of carboxylic acid groups (broad SMARTS) is 1. The standard InChI is InChI=1S/C41H62O15/c1-18-35(47)26(42)14-32(50-18)55-37-20(3)52-33(16-28(37)44)56-36-19(2)51-31(15-27(36)43)53-22-8-10-39(4)21(12-22)6-7-25-24(39)9-11-40(5)34-23(13-30(45)46)38(48)54-29(34)17-41(25,40)49/h13,18-22,24-29,31-37,42-44,47,49H,6-12,14-17H2,1-5H3,(H,45,46)/b23-13-/t18-,19-,20-,21-,22+,24+,25-,26+,27+,28+,29+,31+,32+,33+,34+,35-,36-,37-,39+,40-,41+/m1/s1. The van der Waals surface area contributed by atoms with E-state index in [2.05, 4.69) is 6.92 Å². The quantitative estimate of drug-likeness (QED) is 0.124. The Balaban J connectivity index is 0.839. The normalized spacial score (nSPS) is 55.1. The minimum Gasteiger partial charge on any atom is -0.478 e. The van der Waals surface area contributed by atoms with Gasteiger partial charge in [0, 0.05) is 43.1 Å². The molecule has 8 rings (SSSR count). The molecule has 15 nitrogen and oxygen atoms in total. The first kappa shape index (κ1) is 41.0. The zero-order valence-corrected chi connectivity index (χ0v) is 33.1. The molecule has 0 bridgehead atoms. The molecule has 21 atom stereocenters. The molecule has 15 heteroatoms. The van der Waals surface area contributed by atoms with Crippen LogP contribution in [0.5, 0.6) is 0 Å². The van der Waals surface area contributed by atoms with Crippen LogP contribution < -0.4 is 0 Å². The number of rotatable bonds is 7. The summed E-state index contributed by atoms with van der Waals surface area (Å²) in [4.78, 5) is 24.3. The molecule has 8 fully saturated rings. The first-order chi connectivity index (χ1) is 26.4. The molecular weight excluding hydrogens is 732 g/mol. The SMILES string of the molecule is C[C@H]1O[C@@H](O[C@H]2[C@@H](O)C[C@H](O[C@H]3[C@@H](O)C[C@H](O[C@H]4CC[C@@]5(C)[C@H](CC[C@@H]6[C@@H]5CC[C@]5(C)[C@H]7/C(=C/C(=O)O)C(=O)O[C@H]7C[C@]65O)C4)O[C@@H]3C)O[C@@H]2C)C[C@H](O)[C@@H]1O. The van der Waals surface area contributed by atoms with Gasteiger partial charge in [0.1, 0.15) is 24.4 Å². The fourth-order valence-corrected chi connectivity index (χ4v) is 12.9. The highest BCUT2D eigenvalue weighted by atomic mass is 16.7. The fourth-order valence-electron chi connectivity index (χ4n) is 12.9. The summed E-state index contributed by atoms with van der Waals surface area (Å²) in [6.45, 7) is 9.64. The average molecular weight is 795 g/mol. The summed E-state index contributed by atoms with van der Waals surface area (Å²) in [6.07, 6.45) is -2.16. The summed E-state index contributed by atoms with van der Waals surface area (Å²) < 4.78 is 42.5. The molecule has 0 aromatic rings. The molecule has 4 heterocycles. The number of aliphatic carboxylic acids is 1. The van der Waals surface area contributed by atoms with Gasteiger partial charge in [0.2, 0.25) is 0 Å². The minimum atomic E-state index is -1.18. The van der Waals surface area contributed by atoms with E-state index in [0.29, 0.717) is 18.8 Å². The molecule has 4 aliphatic heterocycles. The molecule has 0 aromatic carbocycles. The van der Waals surface area contributed by atoms with Crippen LogP contribution in [-0.2, 0) is 42.7 Å². The van der Waals surface area contributed by atoms with Gasteiger partial charge in [-0.15, -0.1) is 0 Å². The van der Waals surface area contributed by atoms with Crippen LogP contribution in [0.4, 0.5) is 0 Å². The number of hydrogen-bond donors (Lipinski definition) is 6. The summed E-state index contributed by atoms with van der Waals surface area (Å²) in [6, 6.07) is 0. The van der Waals surface area contributed by atoms with Crippen LogP contribution in [0.15, 0.2) is 11.6 Å². The molecule has 0 aromatic heterocycles. The van der Waals surface area contributed by atoms with E-state index < -0.39 is 109 Å². The predicted octanol–water partition coefficient (Wildman–Crippen LogP) is 2.31. The topological polar surface area (TPSA) is 220 Å². The second kappa shape index (κ2) is 15.1. The molecule has 6 N–H and O–H groups in total. The number of aliphatic hydroxyl groups excluding tert-OH is 4. The predicted molar refractivity (Wildman–Crippen MR) is 193 cm³/mol. The number of fused-ring (bicyclic) bond motifs is 7. The summed E-state index contributed by atoms with van der Waals surface area (Å²) in [5.41, 5.74) is -1.53. The molecule has 8 aliphatic rings. The molecule has 0 spiro atoms. The van der Waals surface area contributed by atoms with Crippen LogP contribution in [0.3, 0.4) is 0 Å². The number of esters is 1. The van der Waals surface area contributed by atoms with Crippen molar-refractivity contribution in [2.75, 3.05) is 0 Å². The van der Waals surface area contributed by atoms with Crippen molar-refractivity contribution in [3.05, 3.63) is 11.6 Å². The van der Waals surface area contributed by atoms with Crippen molar-refractivity contribution in [3.8, 4) is 0 Å². The fraction of sp³-hybridized carbons (Fsp3) is 0.902. The lowest BCUT2D eigenvalue weighted by Gasteiger charge is -2.63. The van der Waals surface area contributed by atoms with Gasteiger partial charge < -0.3 is 63.8 Å². The van der Waals surface area contributed by atoms with Crippen LogP contribution in [-0.4, -0.2) is 134 Å². The highest BCUT2D eigenvalue weighted by Gasteiger charge is 2.73. The van der Waals surface area contributed by atoms with Crippen molar-refractivity contribution in [3.63, 3.8) is 0 Å². The third kappa shape index (κ3) is 6.88. The van der Waals surface area contributed by atoms with E-state index in [0.717, 1.165) is 44.6 Å². The Hall–Kier alpha value is -1.76. The zero-order valence-electron chi connectivity index (χ0n) is 33.1. The van der Waals surface area contributed by atoms with Gasteiger partial charge in [-0.05, 0) is 88.9 Å². The van der Waals surface area contributed by atoms with Gasteiger partial charge in [-0.3, -0.25) is 0 Å². The van der Waals surface area contributed by atoms with Gasteiger partial charge in [0.15, 0.2) is 18.9 Å². The highest BCUT2D eigenvalue weighted by Crippen LogP contribution is 2.71. The average Bonchev–Trinajstić information content (AvgIpc) is 3.54. The molecule has 0 radical (unpaired) electrons. The molecule has 316 valence electrons. The Morgan fingerprint density at radius 3 is 1.93 bits per heavy atom. The number of carboxylic acids is 1. The molecule has 0 amide bonds. The Bertz CT molecular complexity index is 1490. The summed E-state index contributed by atoms with van der Waals surface area (Å²) in [5.74, 6) is -1.49. The molecular formula is C41H62O15.